The molecule has 0 bridgehead atoms. The van der Waals surface area contributed by atoms with Gasteiger partial charge in [-0.1, -0.05) is 29.8 Å². The molecule has 3 nitrogen and oxygen atoms in total. The van der Waals surface area contributed by atoms with Crippen LogP contribution in [0.5, 0.6) is 0 Å². The summed E-state index contributed by atoms with van der Waals surface area (Å²) in [5.41, 5.74) is 3.98. The fourth-order valence-corrected chi connectivity index (χ4v) is 3.81. The van der Waals surface area contributed by atoms with Crippen LogP contribution < -0.4 is 0 Å². The third-order valence-electron chi connectivity index (χ3n) is 4.18. The second-order valence-electron chi connectivity index (χ2n) is 6.55. The highest BCUT2D eigenvalue weighted by Gasteiger charge is 2.16. The predicted molar refractivity (Wildman–Crippen MR) is 104 cm³/mol. The lowest BCUT2D eigenvalue weighted by Crippen LogP contribution is -2.15. The van der Waals surface area contributed by atoms with Crippen molar-refractivity contribution in [2.45, 2.75) is 19.4 Å². The summed E-state index contributed by atoms with van der Waals surface area (Å²) in [6, 6.07) is 15.9. The van der Waals surface area contributed by atoms with Crippen LogP contribution in [0.3, 0.4) is 0 Å². The zero-order valence-electron chi connectivity index (χ0n) is 13.9. The maximum atomic E-state index is 10.2. The Kier molecular flexibility index (Phi) is 3.91. The molecule has 0 atom stereocenters. The molecule has 0 amide bonds. The Morgan fingerprint density at radius 2 is 1.88 bits per heavy atom. The first-order valence-corrected chi connectivity index (χ1v) is 9.17. The molecule has 0 saturated heterocycles. The number of thiophene rings is 1. The minimum Gasteiger partial charge on any atom is -0.386 e. The van der Waals surface area contributed by atoms with Gasteiger partial charge in [-0.25, -0.2) is 4.98 Å². The van der Waals surface area contributed by atoms with Crippen LogP contribution in [0.15, 0.2) is 60.9 Å². The topological polar surface area (TPSA) is 37.5 Å². The standard InChI is InChI=1S/C20H17ClN2OS/c1-20(2,24)15-5-3-4-13(10-15)14-6-9-19-22-16(12-23(19)11-14)17-7-8-18(21)25-17/h3-12,24H,1-2H3. The largest absolute Gasteiger partial charge is 0.386 e. The molecule has 3 aromatic heterocycles. The molecule has 1 N–H and O–H groups in total. The highest BCUT2D eigenvalue weighted by atomic mass is 35.5. The van der Waals surface area contributed by atoms with Gasteiger partial charge < -0.3 is 9.51 Å². The quantitative estimate of drug-likeness (QED) is 0.510. The van der Waals surface area contributed by atoms with Crippen molar-refractivity contribution in [1.82, 2.24) is 9.38 Å². The van der Waals surface area contributed by atoms with Gasteiger partial charge >= 0.3 is 0 Å². The van der Waals surface area contributed by atoms with Crippen LogP contribution in [0.2, 0.25) is 4.34 Å². The van der Waals surface area contributed by atoms with Gasteiger partial charge in [0, 0.05) is 12.4 Å². The van der Waals surface area contributed by atoms with Gasteiger partial charge in [0.1, 0.15) is 5.65 Å². The summed E-state index contributed by atoms with van der Waals surface area (Å²) in [7, 11) is 0. The number of halogens is 1. The normalized spacial score (nSPS) is 12.0. The third-order valence-corrected chi connectivity index (χ3v) is 5.43. The van der Waals surface area contributed by atoms with Crippen molar-refractivity contribution in [3.05, 3.63) is 70.8 Å². The highest BCUT2D eigenvalue weighted by molar-refractivity contribution is 7.19. The average molecular weight is 369 g/mol. The maximum Gasteiger partial charge on any atom is 0.137 e. The van der Waals surface area contributed by atoms with Crippen LogP contribution in [0.25, 0.3) is 27.3 Å². The fourth-order valence-electron chi connectivity index (χ4n) is 2.81. The molecule has 0 radical (unpaired) electrons. The lowest BCUT2D eigenvalue weighted by Gasteiger charge is -2.18. The second-order valence-corrected chi connectivity index (χ2v) is 8.27. The van der Waals surface area contributed by atoms with Gasteiger partial charge in [-0.15, -0.1) is 11.3 Å². The Bertz CT molecular complexity index is 1060. The summed E-state index contributed by atoms with van der Waals surface area (Å²) >= 11 is 7.55. The van der Waals surface area contributed by atoms with Crippen LogP contribution >= 0.6 is 22.9 Å². The average Bonchev–Trinajstić information content (AvgIpc) is 3.19. The van der Waals surface area contributed by atoms with Gasteiger partial charge in [-0.05, 0) is 60.9 Å². The first-order valence-electron chi connectivity index (χ1n) is 7.98. The number of fused-ring (bicyclic) bond motifs is 1. The summed E-state index contributed by atoms with van der Waals surface area (Å²) in [5, 5.41) is 10.2. The molecule has 0 unspecified atom stereocenters. The van der Waals surface area contributed by atoms with E-state index in [1.807, 2.05) is 53.1 Å². The molecule has 0 fully saturated rings. The van der Waals surface area contributed by atoms with Crippen LogP contribution in [-0.2, 0) is 5.60 Å². The van der Waals surface area contributed by atoms with Gasteiger partial charge in [0.2, 0.25) is 0 Å². The van der Waals surface area contributed by atoms with Gasteiger partial charge in [0.15, 0.2) is 0 Å². The minimum absolute atomic E-state index is 0.760. The molecule has 4 rings (SSSR count). The third kappa shape index (κ3) is 3.21. The zero-order chi connectivity index (χ0) is 17.6. The van der Waals surface area contributed by atoms with E-state index in [1.54, 1.807) is 13.8 Å². The lowest BCUT2D eigenvalue weighted by molar-refractivity contribution is 0.0786. The molecule has 0 aliphatic heterocycles. The molecule has 0 aliphatic rings. The number of hydrogen-bond acceptors (Lipinski definition) is 3. The van der Waals surface area contributed by atoms with Crippen LogP contribution in [-0.4, -0.2) is 14.5 Å². The van der Waals surface area contributed by atoms with Crippen molar-refractivity contribution >= 4 is 28.6 Å². The zero-order valence-corrected chi connectivity index (χ0v) is 15.5. The Labute approximate surface area is 155 Å². The molecular weight excluding hydrogens is 352 g/mol. The summed E-state index contributed by atoms with van der Waals surface area (Å²) in [6.07, 6.45) is 4.07. The van der Waals surface area contributed by atoms with Gasteiger partial charge in [0.25, 0.3) is 0 Å². The molecule has 25 heavy (non-hydrogen) atoms. The summed E-state index contributed by atoms with van der Waals surface area (Å²) < 4.78 is 2.78. The van der Waals surface area contributed by atoms with E-state index < -0.39 is 5.60 Å². The van der Waals surface area contributed by atoms with Gasteiger partial charge in [-0.2, -0.15) is 0 Å². The van der Waals surface area contributed by atoms with Crippen molar-refractivity contribution in [3.63, 3.8) is 0 Å². The molecule has 0 saturated carbocycles. The van der Waals surface area contributed by atoms with E-state index in [2.05, 4.69) is 17.2 Å². The number of imidazole rings is 1. The van der Waals surface area contributed by atoms with Crippen molar-refractivity contribution in [1.29, 1.82) is 0 Å². The van der Waals surface area contributed by atoms with E-state index in [4.69, 9.17) is 11.6 Å². The Morgan fingerprint density at radius 3 is 2.60 bits per heavy atom. The predicted octanol–water partition coefficient (Wildman–Crippen LogP) is 5.61. The fraction of sp³-hybridized carbons (Fsp3) is 0.150. The van der Waals surface area contributed by atoms with Crippen LogP contribution in [0.1, 0.15) is 19.4 Å². The van der Waals surface area contributed by atoms with E-state index in [1.165, 1.54) is 11.3 Å². The minimum atomic E-state index is -0.860. The smallest absolute Gasteiger partial charge is 0.137 e. The number of aliphatic hydroxyl groups is 1. The maximum absolute atomic E-state index is 10.2. The van der Waals surface area contributed by atoms with Crippen molar-refractivity contribution in [2.75, 3.05) is 0 Å². The first kappa shape index (κ1) is 16.3. The van der Waals surface area contributed by atoms with Crippen LogP contribution in [0.4, 0.5) is 0 Å². The Balaban J connectivity index is 1.77. The highest BCUT2D eigenvalue weighted by Crippen LogP contribution is 2.31. The molecule has 1 aromatic carbocycles. The number of pyridine rings is 1. The number of benzene rings is 1. The van der Waals surface area contributed by atoms with E-state index in [-0.39, 0.29) is 0 Å². The number of hydrogen-bond donors (Lipinski definition) is 1. The molecule has 4 aromatic rings. The van der Waals surface area contributed by atoms with E-state index in [9.17, 15) is 5.11 Å². The molecule has 5 heteroatoms. The molecule has 0 aliphatic carbocycles. The van der Waals surface area contributed by atoms with E-state index in [0.717, 1.165) is 37.2 Å². The Morgan fingerprint density at radius 1 is 1.04 bits per heavy atom. The van der Waals surface area contributed by atoms with Crippen LogP contribution in [0, 0.1) is 0 Å². The first-order chi connectivity index (χ1) is 11.9. The monoisotopic (exact) mass is 368 g/mol. The van der Waals surface area contributed by atoms with E-state index in [0.29, 0.717) is 0 Å². The molecule has 3 heterocycles. The number of nitrogens with zero attached hydrogens (tertiary/aromatic N) is 2. The van der Waals surface area contributed by atoms with Crippen molar-refractivity contribution < 1.29 is 5.11 Å². The summed E-state index contributed by atoms with van der Waals surface area (Å²) in [6.45, 7) is 3.59. The van der Waals surface area contributed by atoms with E-state index >= 15 is 0 Å². The molecular formula is C20H17ClN2OS. The molecule has 0 spiro atoms. The Hall–Kier alpha value is -2.14. The SMILES string of the molecule is CC(C)(O)c1cccc(-c2ccc3nc(-c4ccc(Cl)s4)cn3c2)c1. The van der Waals surface area contributed by atoms with Gasteiger partial charge in [-0.3, -0.25) is 0 Å². The lowest BCUT2D eigenvalue weighted by atomic mass is 9.95. The second kappa shape index (κ2) is 5.99. The van der Waals surface area contributed by atoms with Crippen molar-refractivity contribution in [3.8, 4) is 21.7 Å². The van der Waals surface area contributed by atoms with Gasteiger partial charge in [0.05, 0.1) is 20.5 Å². The summed E-state index contributed by atoms with van der Waals surface area (Å²) in [5.74, 6) is 0. The number of aromatic nitrogens is 2. The van der Waals surface area contributed by atoms with Crippen molar-refractivity contribution in [2.24, 2.45) is 0 Å². The molecule has 126 valence electrons. The summed E-state index contributed by atoms with van der Waals surface area (Å²) in [4.78, 5) is 5.72. The number of rotatable bonds is 3.